The molecular formula is C15H17Cl3N2O. The number of hydrogen-bond acceptors (Lipinski definition) is 2. The number of fused-ring (bicyclic) bond motifs is 1. The summed E-state index contributed by atoms with van der Waals surface area (Å²) in [6, 6.07) is 3.64. The van der Waals surface area contributed by atoms with E-state index in [1.165, 1.54) is 12.8 Å². The lowest BCUT2D eigenvalue weighted by Crippen LogP contribution is -2.06. The number of aryl methyl sites for hydroxylation is 1. The average molecular weight is 348 g/mol. The Kier molecular flexibility index (Phi) is 4.95. The third kappa shape index (κ3) is 3.65. The van der Waals surface area contributed by atoms with E-state index in [1.807, 2.05) is 6.07 Å². The maximum Gasteiger partial charge on any atom is 0.124 e. The van der Waals surface area contributed by atoms with E-state index in [1.54, 1.807) is 6.07 Å². The summed E-state index contributed by atoms with van der Waals surface area (Å²) in [5, 5.41) is 1.05. The number of hydrogen-bond donors (Lipinski definition) is 0. The molecule has 0 atom stereocenters. The van der Waals surface area contributed by atoms with Crippen LogP contribution in [-0.4, -0.2) is 22.8 Å². The molecular weight excluding hydrogens is 331 g/mol. The molecule has 1 aliphatic carbocycles. The van der Waals surface area contributed by atoms with Crippen molar-refractivity contribution >= 4 is 45.8 Å². The first kappa shape index (κ1) is 15.4. The van der Waals surface area contributed by atoms with Gasteiger partial charge in [-0.25, -0.2) is 4.98 Å². The average Bonchev–Trinajstić information content (AvgIpc) is 3.23. The van der Waals surface area contributed by atoms with Gasteiger partial charge in [-0.3, -0.25) is 0 Å². The molecule has 0 aliphatic heterocycles. The van der Waals surface area contributed by atoms with Crippen molar-refractivity contribution in [3.63, 3.8) is 0 Å². The Hall–Kier alpha value is -0.480. The standard InChI is InChI=1S/C15H17Cl3N2O/c16-8-15-19-13-6-11(17)12(18)7-14(13)20(15)4-1-5-21-9-10-2-3-10/h6-7,10H,1-5,8-9H2. The predicted octanol–water partition coefficient (Wildman–Crippen LogP) is 4.90. The van der Waals surface area contributed by atoms with E-state index >= 15 is 0 Å². The van der Waals surface area contributed by atoms with E-state index in [9.17, 15) is 0 Å². The lowest BCUT2D eigenvalue weighted by molar-refractivity contribution is 0.119. The molecule has 114 valence electrons. The first-order chi connectivity index (χ1) is 10.2. The molecule has 1 saturated carbocycles. The van der Waals surface area contributed by atoms with Gasteiger partial charge in [-0.05, 0) is 37.3 Å². The maximum absolute atomic E-state index is 6.11. The van der Waals surface area contributed by atoms with Crippen LogP contribution in [0.25, 0.3) is 11.0 Å². The maximum atomic E-state index is 6.11. The molecule has 1 aliphatic rings. The topological polar surface area (TPSA) is 27.1 Å². The fraction of sp³-hybridized carbons (Fsp3) is 0.533. The van der Waals surface area contributed by atoms with Gasteiger partial charge in [0.2, 0.25) is 0 Å². The van der Waals surface area contributed by atoms with E-state index in [0.717, 1.165) is 49.0 Å². The molecule has 1 aromatic heterocycles. The number of aromatic nitrogens is 2. The van der Waals surface area contributed by atoms with Gasteiger partial charge in [-0.2, -0.15) is 0 Å². The van der Waals surface area contributed by atoms with Crippen molar-refractivity contribution in [2.45, 2.75) is 31.7 Å². The molecule has 0 unspecified atom stereocenters. The Morgan fingerprint density at radius 2 is 2.00 bits per heavy atom. The summed E-state index contributed by atoms with van der Waals surface area (Å²) >= 11 is 18.1. The van der Waals surface area contributed by atoms with Crippen molar-refractivity contribution in [2.24, 2.45) is 5.92 Å². The normalized spacial score (nSPS) is 15.0. The third-order valence-corrected chi connectivity index (χ3v) is 4.67. The zero-order valence-electron chi connectivity index (χ0n) is 11.6. The van der Waals surface area contributed by atoms with Crippen LogP contribution < -0.4 is 0 Å². The minimum Gasteiger partial charge on any atom is -0.381 e. The molecule has 3 nitrogen and oxygen atoms in total. The quantitative estimate of drug-likeness (QED) is 0.526. The summed E-state index contributed by atoms with van der Waals surface area (Å²) in [5.41, 5.74) is 1.81. The second-order valence-electron chi connectivity index (χ2n) is 5.44. The Balaban J connectivity index is 1.70. The van der Waals surface area contributed by atoms with Crippen LogP contribution in [0.15, 0.2) is 12.1 Å². The molecule has 0 N–H and O–H groups in total. The number of rotatable bonds is 7. The van der Waals surface area contributed by atoms with Gasteiger partial charge in [0.05, 0.1) is 27.0 Å². The highest BCUT2D eigenvalue weighted by Gasteiger charge is 2.21. The molecule has 0 spiro atoms. The number of ether oxygens (including phenoxy) is 1. The second-order valence-corrected chi connectivity index (χ2v) is 6.52. The number of nitrogens with zero attached hydrogens (tertiary/aromatic N) is 2. The molecule has 2 aromatic rings. The molecule has 0 saturated heterocycles. The van der Waals surface area contributed by atoms with Gasteiger partial charge in [0.1, 0.15) is 5.82 Å². The van der Waals surface area contributed by atoms with Crippen molar-refractivity contribution in [3.8, 4) is 0 Å². The molecule has 1 heterocycles. The molecule has 6 heteroatoms. The van der Waals surface area contributed by atoms with Crippen LogP contribution in [0.2, 0.25) is 10.0 Å². The van der Waals surface area contributed by atoms with E-state index < -0.39 is 0 Å². The predicted molar refractivity (Wildman–Crippen MR) is 87.5 cm³/mol. The van der Waals surface area contributed by atoms with Gasteiger partial charge in [-0.15, -0.1) is 11.6 Å². The van der Waals surface area contributed by atoms with E-state index in [2.05, 4.69) is 9.55 Å². The third-order valence-electron chi connectivity index (χ3n) is 3.71. The molecule has 3 rings (SSSR count). The lowest BCUT2D eigenvalue weighted by Gasteiger charge is -2.08. The van der Waals surface area contributed by atoms with Gasteiger partial charge in [0.25, 0.3) is 0 Å². The number of imidazole rings is 1. The van der Waals surface area contributed by atoms with E-state index in [0.29, 0.717) is 15.9 Å². The first-order valence-corrected chi connectivity index (χ1v) is 8.46. The molecule has 1 fully saturated rings. The fourth-order valence-electron chi connectivity index (χ4n) is 2.38. The van der Waals surface area contributed by atoms with Crippen molar-refractivity contribution < 1.29 is 4.74 Å². The monoisotopic (exact) mass is 346 g/mol. The first-order valence-electron chi connectivity index (χ1n) is 7.17. The van der Waals surface area contributed by atoms with E-state index in [4.69, 9.17) is 39.5 Å². The Bertz CT molecular complexity index is 637. The summed E-state index contributed by atoms with van der Waals surface area (Å²) in [6.07, 6.45) is 3.58. The molecule has 1 aromatic carbocycles. The highest BCUT2D eigenvalue weighted by molar-refractivity contribution is 6.42. The Morgan fingerprint density at radius 3 is 2.71 bits per heavy atom. The minimum absolute atomic E-state index is 0.368. The van der Waals surface area contributed by atoms with Gasteiger partial charge < -0.3 is 9.30 Å². The smallest absolute Gasteiger partial charge is 0.124 e. The fourth-order valence-corrected chi connectivity index (χ4v) is 2.90. The highest BCUT2D eigenvalue weighted by atomic mass is 35.5. The van der Waals surface area contributed by atoms with Gasteiger partial charge >= 0.3 is 0 Å². The molecule has 0 bridgehead atoms. The number of benzene rings is 1. The second kappa shape index (κ2) is 6.74. The van der Waals surface area contributed by atoms with Crippen molar-refractivity contribution in [3.05, 3.63) is 28.0 Å². The Labute approximate surface area is 139 Å². The summed E-state index contributed by atoms with van der Waals surface area (Å²) in [4.78, 5) is 4.52. The van der Waals surface area contributed by atoms with Gasteiger partial charge in [-0.1, -0.05) is 23.2 Å². The van der Waals surface area contributed by atoms with Crippen LogP contribution >= 0.6 is 34.8 Å². The zero-order valence-corrected chi connectivity index (χ0v) is 13.9. The van der Waals surface area contributed by atoms with Crippen molar-refractivity contribution in [1.29, 1.82) is 0 Å². The summed E-state index contributed by atoms with van der Waals surface area (Å²) in [6.45, 7) is 2.48. The largest absolute Gasteiger partial charge is 0.381 e. The molecule has 0 amide bonds. The van der Waals surface area contributed by atoms with Gasteiger partial charge in [0.15, 0.2) is 0 Å². The van der Waals surface area contributed by atoms with Crippen LogP contribution in [0.1, 0.15) is 25.1 Å². The summed E-state index contributed by atoms with van der Waals surface area (Å²) in [7, 11) is 0. The van der Waals surface area contributed by atoms with Crippen LogP contribution in [0.5, 0.6) is 0 Å². The number of alkyl halides is 1. The Morgan fingerprint density at radius 1 is 1.24 bits per heavy atom. The van der Waals surface area contributed by atoms with Crippen LogP contribution in [0.3, 0.4) is 0 Å². The summed E-state index contributed by atoms with van der Waals surface area (Å²) < 4.78 is 7.77. The highest BCUT2D eigenvalue weighted by Crippen LogP contribution is 2.30. The zero-order chi connectivity index (χ0) is 14.8. The minimum atomic E-state index is 0.368. The summed E-state index contributed by atoms with van der Waals surface area (Å²) in [5.74, 6) is 2.01. The van der Waals surface area contributed by atoms with Crippen molar-refractivity contribution in [1.82, 2.24) is 9.55 Å². The van der Waals surface area contributed by atoms with Gasteiger partial charge in [0, 0.05) is 19.8 Å². The van der Waals surface area contributed by atoms with Crippen LogP contribution in [0.4, 0.5) is 0 Å². The molecule has 0 radical (unpaired) electrons. The lowest BCUT2D eigenvalue weighted by atomic mass is 10.3. The van der Waals surface area contributed by atoms with Crippen LogP contribution in [-0.2, 0) is 17.2 Å². The SMILES string of the molecule is ClCc1nc2cc(Cl)c(Cl)cc2n1CCCOCC1CC1. The number of halogens is 3. The van der Waals surface area contributed by atoms with E-state index in [-0.39, 0.29) is 0 Å². The van der Waals surface area contributed by atoms with Crippen LogP contribution in [0, 0.1) is 5.92 Å². The molecule has 21 heavy (non-hydrogen) atoms. The van der Waals surface area contributed by atoms with Crippen molar-refractivity contribution in [2.75, 3.05) is 13.2 Å².